The van der Waals surface area contributed by atoms with Gasteiger partial charge in [-0.15, -0.1) is 0 Å². The van der Waals surface area contributed by atoms with Crippen molar-refractivity contribution in [2.75, 3.05) is 38.8 Å². The summed E-state index contributed by atoms with van der Waals surface area (Å²) in [6.07, 6.45) is 5.47. The summed E-state index contributed by atoms with van der Waals surface area (Å²) in [5, 5.41) is 3.42. The minimum atomic E-state index is -0.141. The first-order chi connectivity index (χ1) is 9.76. The minimum absolute atomic E-state index is 0.141. The van der Waals surface area contributed by atoms with Gasteiger partial charge in [-0.25, -0.2) is 4.39 Å². The molecule has 0 radical (unpaired) electrons. The molecule has 1 aromatic carbocycles. The molecule has 1 unspecified atom stereocenters. The Morgan fingerprint density at radius 3 is 2.95 bits per heavy atom. The predicted octanol–water partition coefficient (Wildman–Crippen LogP) is 3.36. The minimum Gasteiger partial charge on any atom is -0.383 e. The number of hydrogen-bond acceptors (Lipinski definition) is 3. The molecule has 1 N–H and O–H groups in total. The van der Waals surface area contributed by atoms with Crippen LogP contribution in [0.25, 0.3) is 0 Å². The van der Waals surface area contributed by atoms with Crippen LogP contribution in [0.5, 0.6) is 0 Å². The van der Waals surface area contributed by atoms with Crippen LogP contribution >= 0.6 is 11.8 Å². The topological polar surface area (TPSA) is 21.3 Å². The maximum Gasteiger partial charge on any atom is 0.123 e. The fourth-order valence-corrected chi connectivity index (χ4v) is 2.73. The van der Waals surface area contributed by atoms with Crippen LogP contribution in [0.15, 0.2) is 24.3 Å². The molecule has 0 fully saturated rings. The van der Waals surface area contributed by atoms with Crippen molar-refractivity contribution in [3.05, 3.63) is 35.6 Å². The van der Waals surface area contributed by atoms with Gasteiger partial charge in [-0.05, 0) is 61.4 Å². The molecule has 114 valence electrons. The van der Waals surface area contributed by atoms with Crippen LogP contribution in [0.2, 0.25) is 0 Å². The van der Waals surface area contributed by atoms with Crippen molar-refractivity contribution in [3.63, 3.8) is 0 Å². The normalized spacial score (nSPS) is 12.6. The van der Waals surface area contributed by atoms with Gasteiger partial charge in [0, 0.05) is 13.7 Å². The third-order valence-electron chi connectivity index (χ3n) is 3.29. The average molecular weight is 299 g/mol. The SMILES string of the molecule is COCCNCC(CCCSC)Cc1cccc(F)c1. The summed E-state index contributed by atoms with van der Waals surface area (Å²) in [4.78, 5) is 0. The first-order valence-electron chi connectivity index (χ1n) is 7.19. The van der Waals surface area contributed by atoms with E-state index in [4.69, 9.17) is 4.74 Å². The maximum atomic E-state index is 13.2. The van der Waals surface area contributed by atoms with Crippen LogP contribution in [-0.2, 0) is 11.2 Å². The Morgan fingerprint density at radius 2 is 2.25 bits per heavy atom. The molecule has 0 aromatic heterocycles. The highest BCUT2D eigenvalue weighted by Gasteiger charge is 2.10. The molecule has 0 aliphatic rings. The van der Waals surface area contributed by atoms with Crippen LogP contribution in [0.1, 0.15) is 18.4 Å². The van der Waals surface area contributed by atoms with Crippen molar-refractivity contribution in [1.82, 2.24) is 5.32 Å². The second-order valence-electron chi connectivity index (χ2n) is 5.03. The molecular formula is C16H26FNOS. The third kappa shape index (κ3) is 7.88. The number of halogens is 1. The molecule has 0 saturated carbocycles. The van der Waals surface area contributed by atoms with Crippen LogP contribution in [0, 0.1) is 11.7 Å². The highest BCUT2D eigenvalue weighted by molar-refractivity contribution is 7.98. The molecule has 0 heterocycles. The number of hydrogen-bond donors (Lipinski definition) is 1. The van der Waals surface area contributed by atoms with Crippen LogP contribution in [0.3, 0.4) is 0 Å². The van der Waals surface area contributed by atoms with Gasteiger partial charge in [0.2, 0.25) is 0 Å². The summed E-state index contributed by atoms with van der Waals surface area (Å²) < 4.78 is 18.3. The lowest BCUT2D eigenvalue weighted by molar-refractivity contribution is 0.197. The van der Waals surface area contributed by atoms with E-state index in [9.17, 15) is 4.39 Å². The van der Waals surface area contributed by atoms with Gasteiger partial charge in [0.15, 0.2) is 0 Å². The monoisotopic (exact) mass is 299 g/mol. The Morgan fingerprint density at radius 1 is 1.40 bits per heavy atom. The molecule has 0 spiro atoms. The van der Waals surface area contributed by atoms with Gasteiger partial charge in [0.05, 0.1) is 6.61 Å². The maximum absolute atomic E-state index is 13.2. The molecular weight excluding hydrogens is 273 g/mol. The van der Waals surface area contributed by atoms with Gasteiger partial charge in [-0.2, -0.15) is 11.8 Å². The van der Waals surface area contributed by atoms with Gasteiger partial charge < -0.3 is 10.1 Å². The number of thioether (sulfide) groups is 1. The smallest absolute Gasteiger partial charge is 0.123 e. The van der Waals surface area contributed by atoms with Crippen molar-refractivity contribution in [2.24, 2.45) is 5.92 Å². The van der Waals surface area contributed by atoms with Crippen molar-refractivity contribution in [3.8, 4) is 0 Å². The molecule has 1 atom stereocenters. The van der Waals surface area contributed by atoms with Gasteiger partial charge in [0.1, 0.15) is 5.82 Å². The van der Waals surface area contributed by atoms with E-state index in [1.165, 1.54) is 24.7 Å². The van der Waals surface area contributed by atoms with Crippen LogP contribution in [-0.4, -0.2) is 38.8 Å². The molecule has 0 bridgehead atoms. The van der Waals surface area contributed by atoms with Gasteiger partial charge >= 0.3 is 0 Å². The van der Waals surface area contributed by atoms with Gasteiger partial charge in [0.25, 0.3) is 0 Å². The van der Waals surface area contributed by atoms with Crippen LogP contribution < -0.4 is 5.32 Å². The zero-order chi connectivity index (χ0) is 14.6. The molecule has 0 aliphatic carbocycles. The Hall–Kier alpha value is -0.580. The van der Waals surface area contributed by atoms with Gasteiger partial charge in [-0.1, -0.05) is 12.1 Å². The second-order valence-corrected chi connectivity index (χ2v) is 6.02. The highest BCUT2D eigenvalue weighted by atomic mass is 32.2. The standard InChI is InChI=1S/C16H26FNOS/c1-19-9-8-18-13-15(6-4-10-20-2)11-14-5-3-7-16(17)12-14/h3,5,7,12,15,18H,4,6,8-11,13H2,1-2H3. The van der Waals surface area contributed by atoms with Crippen molar-refractivity contribution in [2.45, 2.75) is 19.3 Å². The number of benzene rings is 1. The summed E-state index contributed by atoms with van der Waals surface area (Å²) in [5.41, 5.74) is 1.09. The predicted molar refractivity (Wildman–Crippen MR) is 86.0 cm³/mol. The summed E-state index contributed by atoms with van der Waals surface area (Å²) in [5.74, 6) is 1.61. The van der Waals surface area contributed by atoms with Crippen molar-refractivity contribution >= 4 is 11.8 Å². The molecule has 4 heteroatoms. The lowest BCUT2D eigenvalue weighted by Gasteiger charge is -2.18. The van der Waals surface area contributed by atoms with Gasteiger partial charge in [-0.3, -0.25) is 0 Å². The fraction of sp³-hybridized carbons (Fsp3) is 0.625. The van der Waals surface area contributed by atoms with E-state index in [1.54, 1.807) is 19.2 Å². The highest BCUT2D eigenvalue weighted by Crippen LogP contribution is 2.16. The average Bonchev–Trinajstić information content (AvgIpc) is 2.43. The molecule has 1 aromatic rings. The van der Waals surface area contributed by atoms with E-state index in [0.717, 1.165) is 31.7 Å². The van der Waals surface area contributed by atoms with E-state index in [-0.39, 0.29) is 5.82 Å². The van der Waals surface area contributed by atoms with E-state index in [0.29, 0.717) is 5.92 Å². The van der Waals surface area contributed by atoms with Crippen molar-refractivity contribution < 1.29 is 9.13 Å². The molecule has 0 amide bonds. The molecule has 0 aliphatic heterocycles. The molecule has 0 saturated heterocycles. The second kappa shape index (κ2) is 11.1. The zero-order valence-electron chi connectivity index (χ0n) is 12.5. The zero-order valence-corrected chi connectivity index (χ0v) is 13.3. The lowest BCUT2D eigenvalue weighted by Crippen LogP contribution is -2.27. The summed E-state index contributed by atoms with van der Waals surface area (Å²) in [6, 6.07) is 6.96. The first-order valence-corrected chi connectivity index (χ1v) is 8.58. The summed E-state index contributed by atoms with van der Waals surface area (Å²) in [7, 11) is 1.71. The summed E-state index contributed by atoms with van der Waals surface area (Å²) >= 11 is 1.88. The molecule has 2 nitrogen and oxygen atoms in total. The molecule has 20 heavy (non-hydrogen) atoms. The number of rotatable bonds is 11. The van der Waals surface area contributed by atoms with Crippen molar-refractivity contribution in [1.29, 1.82) is 0 Å². The quantitative estimate of drug-likeness (QED) is 0.633. The van der Waals surface area contributed by atoms with E-state index >= 15 is 0 Å². The first kappa shape index (κ1) is 17.5. The fourth-order valence-electron chi connectivity index (χ4n) is 2.27. The number of nitrogens with one attached hydrogen (secondary N) is 1. The summed E-state index contributed by atoms with van der Waals surface area (Å²) in [6.45, 7) is 2.57. The third-order valence-corrected chi connectivity index (χ3v) is 3.99. The lowest BCUT2D eigenvalue weighted by atomic mass is 9.95. The van der Waals surface area contributed by atoms with E-state index in [2.05, 4.69) is 11.6 Å². The Bertz CT molecular complexity index is 362. The Kier molecular flexibility index (Phi) is 9.71. The largest absolute Gasteiger partial charge is 0.383 e. The van der Waals surface area contributed by atoms with Crippen LogP contribution in [0.4, 0.5) is 4.39 Å². The van der Waals surface area contributed by atoms with E-state index < -0.39 is 0 Å². The van der Waals surface area contributed by atoms with E-state index in [1.807, 2.05) is 17.8 Å². The Labute approximate surface area is 126 Å². The molecule has 1 rings (SSSR count). The Balaban J connectivity index is 2.43. The number of methoxy groups -OCH3 is 1. The number of ether oxygens (including phenoxy) is 1.